The van der Waals surface area contributed by atoms with Crippen LogP contribution in [0, 0.1) is 0 Å². The second-order valence-corrected chi connectivity index (χ2v) is 19.4. The van der Waals surface area contributed by atoms with Crippen LogP contribution in [0.3, 0.4) is 0 Å². The van der Waals surface area contributed by atoms with Crippen molar-refractivity contribution in [1.82, 2.24) is 0 Å². The monoisotopic (exact) mass is 542 g/mol. The Labute approximate surface area is 189 Å². The minimum absolute atomic E-state index is 0.0576. The zero-order valence-corrected chi connectivity index (χ0v) is 22.5. The van der Waals surface area contributed by atoms with Crippen LogP contribution in [-0.2, 0) is 15.7 Å². The summed E-state index contributed by atoms with van der Waals surface area (Å²) >= 11 is 4.14. The summed E-state index contributed by atoms with van der Waals surface area (Å²) in [6, 6.07) is 0. The number of hydrogen-bond donors (Lipinski definition) is 7. The maximum absolute atomic E-state index is 10.5. The minimum atomic E-state index is -4.60. The van der Waals surface area contributed by atoms with Crippen LogP contribution in [0.25, 0.3) is 0 Å². The van der Waals surface area contributed by atoms with Crippen LogP contribution in [0.15, 0.2) is 22.7 Å². The third-order valence-corrected chi connectivity index (χ3v) is 12.6. The normalized spacial score (nSPS) is 17.6. The fourth-order valence-electron chi connectivity index (χ4n) is 1.08. The summed E-state index contributed by atoms with van der Waals surface area (Å²) in [4.78, 5) is 82.7. The molecule has 0 aromatic carbocycles. The number of hydrogen-bond acceptors (Lipinski definition) is 9. The van der Waals surface area contributed by atoms with Crippen molar-refractivity contribution in [2.75, 3.05) is 37.0 Å². The Morgan fingerprint density at radius 2 is 1.00 bits per heavy atom. The fourth-order valence-corrected chi connectivity index (χ4v) is 2.65. The van der Waals surface area contributed by atoms with E-state index >= 15 is 0 Å². The molecule has 0 bridgehead atoms. The SMILES string of the molecule is CCP(O)(O)(O)CC.CCP(O)(O)(O)CC.CCP([O-])([O-])(O)CC.[Co+2][C]1=CC=CC1. The van der Waals surface area contributed by atoms with Crippen LogP contribution in [0.4, 0.5) is 0 Å². The molecular formula is C17H42CoO9P3. The van der Waals surface area contributed by atoms with Gasteiger partial charge in [0.2, 0.25) is 0 Å². The molecule has 1 aliphatic rings. The molecule has 30 heavy (non-hydrogen) atoms. The predicted octanol–water partition coefficient (Wildman–Crippen LogP) is 1.02. The Kier molecular flexibility index (Phi) is 15.4. The molecule has 0 unspecified atom stereocenters. The third-order valence-electron chi connectivity index (χ3n) is 4.55. The standard InChI is InChI=1S/C5H5.2C4H13O3P.C4H11O3P.Co/c1-2-4-5-3-1;3*1-3-8(5,6,7)4-2;/h1-3H,4H2;2*5-7H,3-4H2,1-2H3;5H,3-4H2,1-2H3;/q;;;-2;+2. The summed E-state index contributed by atoms with van der Waals surface area (Å²) in [6.45, 7) is 9.09. The molecule has 1 rings (SSSR count). The summed E-state index contributed by atoms with van der Waals surface area (Å²) in [5, 5.41) is 0. The van der Waals surface area contributed by atoms with E-state index in [2.05, 4.69) is 21.8 Å². The van der Waals surface area contributed by atoms with Gasteiger partial charge in [-0.3, -0.25) is 0 Å². The Bertz CT molecular complexity index is 475. The van der Waals surface area contributed by atoms with Gasteiger partial charge in [-0.25, -0.2) is 0 Å². The molecule has 0 atom stereocenters. The molecule has 0 radical (unpaired) electrons. The van der Waals surface area contributed by atoms with Gasteiger partial charge in [-0.2, -0.15) is 0 Å². The van der Waals surface area contributed by atoms with Gasteiger partial charge in [0.1, 0.15) is 0 Å². The first-order valence-electron chi connectivity index (χ1n) is 9.79. The Balaban J connectivity index is -0.000000325. The van der Waals surface area contributed by atoms with Crippen molar-refractivity contribution in [3.05, 3.63) is 22.7 Å². The molecule has 0 saturated heterocycles. The van der Waals surface area contributed by atoms with Gasteiger partial charge in [-0.1, -0.05) is 0 Å². The van der Waals surface area contributed by atoms with E-state index < -0.39 is 21.9 Å². The molecule has 7 N–H and O–H groups in total. The van der Waals surface area contributed by atoms with Crippen LogP contribution in [0.1, 0.15) is 48.0 Å². The Morgan fingerprint density at radius 3 is 1.03 bits per heavy atom. The Hall–Kier alpha value is 0.916. The molecule has 0 fully saturated rings. The van der Waals surface area contributed by atoms with Crippen molar-refractivity contribution < 1.29 is 59.8 Å². The quantitative estimate of drug-likeness (QED) is 0.241. The van der Waals surface area contributed by atoms with Gasteiger partial charge in [0, 0.05) is 0 Å². The first kappa shape index (κ1) is 35.5. The Morgan fingerprint density at radius 1 is 0.700 bits per heavy atom. The molecule has 0 saturated carbocycles. The second kappa shape index (κ2) is 13.0. The summed E-state index contributed by atoms with van der Waals surface area (Å²) in [6.07, 6.45) is 7.03. The average molecular weight is 542 g/mol. The summed E-state index contributed by atoms with van der Waals surface area (Å²) in [7, 11) is -12.8. The van der Waals surface area contributed by atoms with Crippen molar-refractivity contribution >= 4 is 21.9 Å². The molecule has 0 heterocycles. The van der Waals surface area contributed by atoms with Crippen LogP contribution in [0.5, 0.6) is 0 Å². The third kappa shape index (κ3) is 22.1. The van der Waals surface area contributed by atoms with E-state index in [0.717, 1.165) is 10.9 Å². The van der Waals surface area contributed by atoms with Gasteiger partial charge in [0.25, 0.3) is 0 Å². The first-order valence-corrected chi connectivity index (χ1v) is 17.6. The van der Waals surface area contributed by atoms with Gasteiger partial charge >= 0.3 is 189 Å². The van der Waals surface area contributed by atoms with Crippen molar-refractivity contribution in [2.45, 2.75) is 48.0 Å². The van der Waals surface area contributed by atoms with E-state index in [4.69, 9.17) is 34.3 Å². The van der Waals surface area contributed by atoms with Crippen LogP contribution < -0.4 is 9.79 Å². The van der Waals surface area contributed by atoms with Gasteiger partial charge < -0.3 is 0 Å². The van der Waals surface area contributed by atoms with Crippen molar-refractivity contribution in [3.63, 3.8) is 0 Å². The van der Waals surface area contributed by atoms with Crippen LogP contribution in [0.2, 0.25) is 0 Å². The van der Waals surface area contributed by atoms with Gasteiger partial charge in [-0.05, 0) is 0 Å². The zero-order valence-electron chi connectivity index (χ0n) is 18.8. The van der Waals surface area contributed by atoms with E-state index in [9.17, 15) is 9.79 Å². The molecule has 9 nitrogen and oxygen atoms in total. The fraction of sp³-hybridized carbons (Fsp3) is 0.765. The number of allylic oxidation sites excluding steroid dienone is 4. The first-order chi connectivity index (χ1) is 13.1. The van der Waals surface area contributed by atoms with E-state index in [-0.39, 0.29) is 37.0 Å². The molecule has 0 aromatic rings. The van der Waals surface area contributed by atoms with Crippen molar-refractivity contribution in [1.29, 1.82) is 0 Å². The summed E-state index contributed by atoms with van der Waals surface area (Å²) < 4.78 is 1.16. The van der Waals surface area contributed by atoms with Crippen molar-refractivity contribution in [2.24, 2.45) is 0 Å². The van der Waals surface area contributed by atoms with E-state index in [1.54, 1.807) is 27.7 Å². The van der Waals surface area contributed by atoms with E-state index in [1.807, 2.05) is 12.2 Å². The molecular weight excluding hydrogens is 500 g/mol. The van der Waals surface area contributed by atoms with Crippen LogP contribution >= 0.6 is 21.9 Å². The summed E-state index contributed by atoms with van der Waals surface area (Å²) in [5.41, 5.74) is 0. The predicted molar refractivity (Wildman–Crippen MR) is 121 cm³/mol. The summed E-state index contributed by atoms with van der Waals surface area (Å²) in [5.74, 6) is 0. The molecule has 0 aromatic heterocycles. The molecule has 188 valence electrons. The van der Waals surface area contributed by atoms with E-state index in [1.165, 1.54) is 13.8 Å². The topological polar surface area (TPSA) is 188 Å². The maximum atomic E-state index is 10.5. The molecule has 1 aliphatic carbocycles. The molecule has 0 amide bonds. The zero-order chi connectivity index (χ0) is 25.0. The second-order valence-electron chi connectivity index (χ2n) is 7.06. The van der Waals surface area contributed by atoms with Crippen molar-refractivity contribution in [3.8, 4) is 0 Å². The van der Waals surface area contributed by atoms with E-state index in [0.29, 0.717) is 0 Å². The van der Waals surface area contributed by atoms with Gasteiger partial charge in [0.05, 0.1) is 0 Å². The van der Waals surface area contributed by atoms with Crippen LogP contribution in [-0.4, -0.2) is 71.2 Å². The molecule has 13 heteroatoms. The van der Waals surface area contributed by atoms with Gasteiger partial charge in [0.15, 0.2) is 0 Å². The molecule has 0 aliphatic heterocycles. The number of rotatable bonds is 6. The average Bonchev–Trinajstić information content (AvgIpc) is 3.14. The van der Waals surface area contributed by atoms with Gasteiger partial charge in [-0.15, -0.1) is 0 Å². The molecule has 0 spiro atoms.